The third kappa shape index (κ3) is 3.26. The molecule has 19 heavy (non-hydrogen) atoms. The van der Waals surface area contributed by atoms with Gasteiger partial charge in [-0.25, -0.2) is 4.79 Å². The SMILES string of the molecule is Nc1cccc(OCc2cccc(Br)c2)c1C(=O)O. The van der Waals surface area contributed by atoms with Crippen molar-refractivity contribution in [2.24, 2.45) is 0 Å². The summed E-state index contributed by atoms with van der Waals surface area (Å²) in [7, 11) is 0. The summed E-state index contributed by atoms with van der Waals surface area (Å²) in [5.41, 5.74) is 6.78. The zero-order valence-corrected chi connectivity index (χ0v) is 11.6. The van der Waals surface area contributed by atoms with Crippen molar-refractivity contribution in [2.75, 3.05) is 5.73 Å². The Bertz CT molecular complexity index is 613. The minimum atomic E-state index is -1.10. The van der Waals surface area contributed by atoms with E-state index >= 15 is 0 Å². The number of halogens is 1. The maximum absolute atomic E-state index is 11.1. The summed E-state index contributed by atoms with van der Waals surface area (Å²) in [5.74, 6) is -0.824. The molecule has 0 bridgehead atoms. The molecular formula is C14H12BrNO3. The lowest BCUT2D eigenvalue weighted by molar-refractivity contribution is 0.0693. The zero-order chi connectivity index (χ0) is 13.8. The summed E-state index contributed by atoms with van der Waals surface area (Å²) in [6, 6.07) is 12.4. The van der Waals surface area contributed by atoms with E-state index in [1.165, 1.54) is 6.07 Å². The Hall–Kier alpha value is -2.01. The lowest BCUT2D eigenvalue weighted by atomic mass is 10.1. The number of carbonyl (C=O) groups is 1. The number of anilines is 1. The molecule has 0 aliphatic carbocycles. The molecule has 2 aromatic carbocycles. The van der Waals surface area contributed by atoms with E-state index in [9.17, 15) is 4.79 Å². The fraction of sp³-hybridized carbons (Fsp3) is 0.0714. The second kappa shape index (κ2) is 5.75. The van der Waals surface area contributed by atoms with Gasteiger partial charge in [-0.1, -0.05) is 34.1 Å². The third-order valence-electron chi connectivity index (χ3n) is 2.56. The first kappa shape index (κ1) is 13.4. The van der Waals surface area contributed by atoms with Crippen molar-refractivity contribution >= 4 is 27.6 Å². The summed E-state index contributed by atoms with van der Waals surface area (Å²) in [6.45, 7) is 0.281. The van der Waals surface area contributed by atoms with Crippen molar-refractivity contribution in [3.05, 3.63) is 58.1 Å². The van der Waals surface area contributed by atoms with Gasteiger partial charge in [-0.2, -0.15) is 0 Å². The summed E-state index contributed by atoms with van der Waals surface area (Å²) < 4.78 is 6.48. The molecule has 0 fully saturated rings. The van der Waals surface area contributed by atoms with Crippen molar-refractivity contribution < 1.29 is 14.6 Å². The van der Waals surface area contributed by atoms with Gasteiger partial charge < -0.3 is 15.6 Å². The van der Waals surface area contributed by atoms with E-state index in [2.05, 4.69) is 15.9 Å². The van der Waals surface area contributed by atoms with Gasteiger partial charge in [0.15, 0.2) is 0 Å². The number of nitrogens with two attached hydrogens (primary N) is 1. The van der Waals surface area contributed by atoms with E-state index in [1.54, 1.807) is 12.1 Å². The second-order valence-corrected chi connectivity index (χ2v) is 4.86. The van der Waals surface area contributed by atoms with Gasteiger partial charge in [-0.15, -0.1) is 0 Å². The zero-order valence-electron chi connectivity index (χ0n) is 9.97. The first-order chi connectivity index (χ1) is 9.08. The number of carboxylic acids is 1. The van der Waals surface area contributed by atoms with Crippen molar-refractivity contribution in [1.82, 2.24) is 0 Å². The Balaban J connectivity index is 2.20. The number of nitrogen functional groups attached to an aromatic ring is 1. The van der Waals surface area contributed by atoms with E-state index in [0.29, 0.717) is 0 Å². The molecule has 5 heteroatoms. The van der Waals surface area contributed by atoms with Crippen LogP contribution in [0.4, 0.5) is 5.69 Å². The maximum atomic E-state index is 11.1. The summed E-state index contributed by atoms with van der Waals surface area (Å²) in [4.78, 5) is 11.1. The van der Waals surface area contributed by atoms with Gasteiger partial charge in [-0.3, -0.25) is 0 Å². The second-order valence-electron chi connectivity index (χ2n) is 3.94. The third-order valence-corrected chi connectivity index (χ3v) is 3.05. The Kier molecular flexibility index (Phi) is 4.06. The Labute approximate surface area is 118 Å². The fourth-order valence-corrected chi connectivity index (χ4v) is 2.13. The largest absolute Gasteiger partial charge is 0.488 e. The lowest BCUT2D eigenvalue weighted by Crippen LogP contribution is -2.06. The quantitative estimate of drug-likeness (QED) is 0.847. The molecule has 0 unspecified atom stereocenters. The van der Waals surface area contributed by atoms with Crippen LogP contribution in [-0.4, -0.2) is 11.1 Å². The number of aromatic carboxylic acids is 1. The van der Waals surface area contributed by atoms with Crippen LogP contribution in [0.25, 0.3) is 0 Å². The summed E-state index contributed by atoms with van der Waals surface area (Å²) >= 11 is 3.37. The molecule has 0 spiro atoms. The van der Waals surface area contributed by atoms with Gasteiger partial charge in [0.1, 0.15) is 17.9 Å². The van der Waals surface area contributed by atoms with Gasteiger partial charge in [0, 0.05) is 10.2 Å². The first-order valence-electron chi connectivity index (χ1n) is 5.57. The van der Waals surface area contributed by atoms with Crippen LogP contribution in [0.5, 0.6) is 5.75 Å². The van der Waals surface area contributed by atoms with Gasteiger partial charge in [0.25, 0.3) is 0 Å². The highest BCUT2D eigenvalue weighted by Crippen LogP contribution is 2.25. The smallest absolute Gasteiger partial charge is 0.341 e. The molecule has 4 nitrogen and oxygen atoms in total. The van der Waals surface area contributed by atoms with Crippen LogP contribution < -0.4 is 10.5 Å². The van der Waals surface area contributed by atoms with E-state index in [1.807, 2.05) is 24.3 Å². The van der Waals surface area contributed by atoms with Gasteiger partial charge in [-0.05, 0) is 29.8 Å². The summed E-state index contributed by atoms with van der Waals surface area (Å²) in [6.07, 6.45) is 0. The van der Waals surface area contributed by atoms with E-state index in [-0.39, 0.29) is 23.6 Å². The molecule has 0 heterocycles. The predicted molar refractivity (Wildman–Crippen MR) is 76.3 cm³/mol. The van der Waals surface area contributed by atoms with E-state index in [4.69, 9.17) is 15.6 Å². The molecule has 2 rings (SSSR count). The van der Waals surface area contributed by atoms with Gasteiger partial charge >= 0.3 is 5.97 Å². The number of carboxylic acid groups (broad SMARTS) is 1. The monoisotopic (exact) mass is 321 g/mol. The molecule has 0 saturated carbocycles. The molecule has 0 aliphatic heterocycles. The minimum absolute atomic E-state index is 0.00232. The number of ether oxygens (including phenoxy) is 1. The molecule has 0 saturated heterocycles. The van der Waals surface area contributed by atoms with Crippen LogP contribution in [0.3, 0.4) is 0 Å². The topological polar surface area (TPSA) is 72.5 Å². The highest BCUT2D eigenvalue weighted by atomic mass is 79.9. The Morgan fingerprint density at radius 2 is 2.00 bits per heavy atom. The molecule has 0 aliphatic rings. The number of rotatable bonds is 4. The van der Waals surface area contributed by atoms with Crippen LogP contribution in [0.1, 0.15) is 15.9 Å². The van der Waals surface area contributed by atoms with Gasteiger partial charge in [0.05, 0.1) is 0 Å². The van der Waals surface area contributed by atoms with Crippen molar-refractivity contribution in [3.8, 4) is 5.75 Å². The maximum Gasteiger partial charge on any atom is 0.341 e. The lowest BCUT2D eigenvalue weighted by Gasteiger charge is -2.11. The molecule has 0 atom stereocenters. The minimum Gasteiger partial charge on any atom is -0.488 e. The van der Waals surface area contributed by atoms with E-state index in [0.717, 1.165) is 10.0 Å². The van der Waals surface area contributed by atoms with Crippen LogP contribution in [0.2, 0.25) is 0 Å². The number of hydrogen-bond acceptors (Lipinski definition) is 3. The molecule has 0 aromatic heterocycles. The molecule has 0 amide bonds. The molecule has 2 aromatic rings. The highest BCUT2D eigenvalue weighted by molar-refractivity contribution is 9.10. The van der Waals surface area contributed by atoms with Crippen LogP contribution in [0.15, 0.2) is 46.9 Å². The molecule has 98 valence electrons. The van der Waals surface area contributed by atoms with Crippen LogP contribution in [-0.2, 0) is 6.61 Å². The fourth-order valence-electron chi connectivity index (χ4n) is 1.69. The molecule has 0 radical (unpaired) electrons. The van der Waals surface area contributed by atoms with E-state index < -0.39 is 5.97 Å². The average Bonchev–Trinajstić information content (AvgIpc) is 2.36. The van der Waals surface area contributed by atoms with Crippen molar-refractivity contribution in [3.63, 3.8) is 0 Å². The Morgan fingerprint density at radius 1 is 1.26 bits per heavy atom. The van der Waals surface area contributed by atoms with Crippen molar-refractivity contribution in [1.29, 1.82) is 0 Å². The van der Waals surface area contributed by atoms with Crippen LogP contribution >= 0.6 is 15.9 Å². The van der Waals surface area contributed by atoms with Crippen molar-refractivity contribution in [2.45, 2.75) is 6.61 Å². The van der Waals surface area contributed by atoms with Crippen LogP contribution in [0, 0.1) is 0 Å². The molecular weight excluding hydrogens is 310 g/mol. The standard InChI is InChI=1S/C14H12BrNO3/c15-10-4-1-3-9(7-10)8-19-12-6-2-5-11(16)13(12)14(17)18/h1-7H,8,16H2,(H,17,18). The molecule has 3 N–H and O–H groups in total. The number of hydrogen-bond donors (Lipinski definition) is 2. The highest BCUT2D eigenvalue weighted by Gasteiger charge is 2.14. The first-order valence-corrected chi connectivity index (χ1v) is 6.36. The number of benzene rings is 2. The normalized spacial score (nSPS) is 10.2. The van der Waals surface area contributed by atoms with Gasteiger partial charge in [0.2, 0.25) is 0 Å². The summed E-state index contributed by atoms with van der Waals surface area (Å²) in [5, 5.41) is 9.12. The Morgan fingerprint density at radius 3 is 2.68 bits per heavy atom. The predicted octanol–water partition coefficient (Wildman–Crippen LogP) is 3.31. The average molecular weight is 322 g/mol.